The Balaban J connectivity index is 0.000000705. The third-order valence-corrected chi connectivity index (χ3v) is 3.27. The van der Waals surface area contributed by atoms with E-state index in [-0.39, 0.29) is 23.5 Å². The minimum Gasteiger partial charge on any atom is -0.369 e. The van der Waals surface area contributed by atoms with Crippen LogP contribution >= 0.6 is 0 Å². The number of carbonyl (C=O) groups excluding carboxylic acids is 1. The Morgan fingerprint density at radius 1 is 1.32 bits per heavy atom. The van der Waals surface area contributed by atoms with Crippen LogP contribution in [0.1, 0.15) is 30.7 Å². The summed E-state index contributed by atoms with van der Waals surface area (Å²) >= 11 is 0. The molecule has 1 amide bonds. The van der Waals surface area contributed by atoms with E-state index in [0.29, 0.717) is 19.5 Å². The summed E-state index contributed by atoms with van der Waals surface area (Å²) in [6, 6.07) is 0. The van der Waals surface area contributed by atoms with Gasteiger partial charge in [-0.1, -0.05) is 25.3 Å². The highest BCUT2D eigenvalue weighted by Gasteiger charge is 2.35. The lowest BCUT2D eigenvalue weighted by atomic mass is 10.3. The molecule has 138 valence electrons. The molecule has 0 atom stereocenters. The normalized spacial score (nSPS) is 13.3. The maximum atomic E-state index is 12.8. The number of nitrogens with one attached hydrogen (secondary N) is 2. The van der Waals surface area contributed by atoms with Gasteiger partial charge in [0.2, 0.25) is 5.91 Å². The van der Waals surface area contributed by atoms with E-state index < -0.39 is 11.7 Å². The summed E-state index contributed by atoms with van der Waals surface area (Å²) in [5.41, 5.74) is -0.880. The Labute approximate surface area is 145 Å². The number of rotatable bonds is 7. The Hall–Kier alpha value is -2.38. The molecule has 1 heterocycles. The molecule has 25 heavy (non-hydrogen) atoms. The Morgan fingerprint density at radius 3 is 2.48 bits per heavy atom. The van der Waals surface area contributed by atoms with Crippen LogP contribution < -0.4 is 10.6 Å². The van der Waals surface area contributed by atoms with Crippen molar-refractivity contribution in [2.24, 2.45) is 5.92 Å². The first-order chi connectivity index (χ1) is 11.8. The summed E-state index contributed by atoms with van der Waals surface area (Å²) in [6.45, 7) is 8.99. The first-order valence-corrected chi connectivity index (χ1v) is 7.95. The average molecular weight is 356 g/mol. The zero-order valence-electron chi connectivity index (χ0n) is 14.2. The van der Waals surface area contributed by atoms with Gasteiger partial charge in [-0.05, 0) is 26.2 Å². The minimum atomic E-state index is -4.49. The van der Waals surface area contributed by atoms with E-state index in [9.17, 15) is 18.0 Å². The third kappa shape index (κ3) is 7.82. The van der Waals surface area contributed by atoms with Gasteiger partial charge in [-0.25, -0.2) is 9.97 Å². The van der Waals surface area contributed by atoms with Crippen molar-refractivity contribution in [2.45, 2.75) is 32.4 Å². The fraction of sp³-hybridized carbons (Fsp3) is 0.471. The molecule has 2 rings (SSSR count). The number of carbonyl (C=O) groups is 1. The monoisotopic (exact) mass is 356 g/mol. The van der Waals surface area contributed by atoms with Crippen molar-refractivity contribution in [2.75, 3.05) is 18.4 Å². The quantitative estimate of drug-likeness (QED) is 0.580. The Bertz CT molecular complexity index is 592. The van der Waals surface area contributed by atoms with Crippen LogP contribution in [-0.4, -0.2) is 29.0 Å². The topological polar surface area (TPSA) is 66.9 Å². The molecule has 1 aromatic heterocycles. The van der Waals surface area contributed by atoms with Crippen LogP contribution in [-0.2, 0) is 11.0 Å². The van der Waals surface area contributed by atoms with Crippen molar-refractivity contribution in [1.29, 1.82) is 0 Å². The lowest BCUT2D eigenvalue weighted by molar-refractivity contribution is -0.137. The maximum Gasteiger partial charge on any atom is 0.421 e. The van der Waals surface area contributed by atoms with Crippen LogP contribution in [0, 0.1) is 12.8 Å². The second kappa shape index (κ2) is 9.80. The zero-order valence-corrected chi connectivity index (χ0v) is 14.2. The predicted molar refractivity (Wildman–Crippen MR) is 91.0 cm³/mol. The number of aryl methyl sites for hydroxylation is 1. The van der Waals surface area contributed by atoms with E-state index in [1.165, 1.54) is 6.92 Å². The molecule has 0 bridgehead atoms. The average Bonchev–Trinajstić information content (AvgIpc) is 3.38. The lowest BCUT2D eigenvalue weighted by Crippen LogP contribution is -2.27. The number of allylic oxidation sites excluding steroid dienone is 2. The van der Waals surface area contributed by atoms with Crippen molar-refractivity contribution in [3.8, 4) is 0 Å². The molecule has 0 radical (unpaired) electrons. The van der Waals surface area contributed by atoms with Crippen LogP contribution in [0.5, 0.6) is 0 Å². The SMILES string of the molecule is C=CC=C.Cc1ncc(C(F)(F)F)c(NCCCNC(=O)C2CC2)n1. The second-order valence-corrected chi connectivity index (χ2v) is 5.49. The summed E-state index contributed by atoms with van der Waals surface area (Å²) in [6.07, 6.45) is 1.95. The second-order valence-electron chi connectivity index (χ2n) is 5.49. The summed E-state index contributed by atoms with van der Waals surface area (Å²) in [5.74, 6) is 0.222. The van der Waals surface area contributed by atoms with Gasteiger partial charge in [-0.15, -0.1) is 0 Å². The summed E-state index contributed by atoms with van der Waals surface area (Å²) in [7, 11) is 0. The van der Waals surface area contributed by atoms with Crippen LogP contribution in [0.2, 0.25) is 0 Å². The van der Waals surface area contributed by atoms with Crippen molar-refractivity contribution in [3.63, 3.8) is 0 Å². The van der Waals surface area contributed by atoms with Gasteiger partial charge in [-0.3, -0.25) is 4.79 Å². The number of alkyl halides is 3. The molecular weight excluding hydrogens is 333 g/mol. The van der Waals surface area contributed by atoms with Gasteiger partial charge in [0.1, 0.15) is 17.2 Å². The van der Waals surface area contributed by atoms with Crippen molar-refractivity contribution in [1.82, 2.24) is 15.3 Å². The van der Waals surface area contributed by atoms with Crippen LogP contribution in [0.15, 0.2) is 31.5 Å². The molecule has 0 aliphatic heterocycles. The molecule has 8 heteroatoms. The Morgan fingerprint density at radius 2 is 1.96 bits per heavy atom. The molecule has 0 spiro atoms. The molecule has 0 saturated heterocycles. The molecular formula is C17H23F3N4O. The number of aromatic nitrogens is 2. The summed E-state index contributed by atoms with van der Waals surface area (Å²) < 4.78 is 38.3. The fourth-order valence-corrected chi connectivity index (χ4v) is 1.81. The van der Waals surface area contributed by atoms with Crippen LogP contribution in [0.4, 0.5) is 19.0 Å². The fourth-order valence-electron chi connectivity index (χ4n) is 1.81. The summed E-state index contributed by atoms with van der Waals surface area (Å²) in [5, 5.41) is 5.41. The highest BCUT2D eigenvalue weighted by molar-refractivity contribution is 5.80. The molecule has 1 aliphatic rings. The summed E-state index contributed by atoms with van der Waals surface area (Å²) in [4.78, 5) is 18.7. The van der Waals surface area contributed by atoms with Gasteiger partial charge in [0, 0.05) is 25.2 Å². The Kier molecular flexibility index (Phi) is 8.10. The number of anilines is 1. The lowest BCUT2D eigenvalue weighted by Gasteiger charge is -2.13. The maximum absolute atomic E-state index is 12.8. The van der Waals surface area contributed by atoms with E-state index >= 15 is 0 Å². The number of halogens is 3. The van der Waals surface area contributed by atoms with Crippen molar-refractivity contribution < 1.29 is 18.0 Å². The van der Waals surface area contributed by atoms with Gasteiger partial charge >= 0.3 is 6.18 Å². The highest BCUT2D eigenvalue weighted by atomic mass is 19.4. The third-order valence-electron chi connectivity index (χ3n) is 3.27. The highest BCUT2D eigenvalue weighted by Crippen LogP contribution is 2.33. The molecule has 0 aromatic carbocycles. The van der Waals surface area contributed by atoms with E-state index in [1.54, 1.807) is 12.2 Å². The molecule has 1 saturated carbocycles. The van der Waals surface area contributed by atoms with E-state index in [0.717, 1.165) is 19.0 Å². The molecule has 5 nitrogen and oxygen atoms in total. The number of amides is 1. The van der Waals surface area contributed by atoms with Gasteiger partial charge in [0.25, 0.3) is 0 Å². The minimum absolute atomic E-state index is 0.0314. The van der Waals surface area contributed by atoms with E-state index in [4.69, 9.17) is 0 Å². The molecule has 0 unspecified atom stereocenters. The van der Waals surface area contributed by atoms with Gasteiger partial charge in [0.05, 0.1) is 0 Å². The molecule has 1 aromatic rings. The van der Waals surface area contributed by atoms with Gasteiger partial charge in [-0.2, -0.15) is 13.2 Å². The first-order valence-electron chi connectivity index (χ1n) is 7.95. The largest absolute Gasteiger partial charge is 0.421 e. The van der Waals surface area contributed by atoms with Crippen molar-refractivity contribution >= 4 is 11.7 Å². The molecule has 2 N–H and O–H groups in total. The number of hydrogen-bond donors (Lipinski definition) is 2. The van der Waals surface area contributed by atoms with Crippen molar-refractivity contribution in [3.05, 3.63) is 42.9 Å². The van der Waals surface area contributed by atoms with Crippen LogP contribution in [0.3, 0.4) is 0 Å². The molecule has 1 fully saturated rings. The van der Waals surface area contributed by atoms with E-state index in [1.807, 2.05) is 0 Å². The van der Waals surface area contributed by atoms with E-state index in [2.05, 4.69) is 33.8 Å². The zero-order chi connectivity index (χ0) is 18.9. The van der Waals surface area contributed by atoms with Gasteiger partial charge < -0.3 is 10.6 Å². The predicted octanol–water partition coefficient (Wildman–Crippen LogP) is 3.49. The van der Waals surface area contributed by atoms with Gasteiger partial charge in [0.15, 0.2) is 0 Å². The standard InChI is InChI=1S/C13H17F3N4O.C4H6/c1-8-19-7-10(13(14,15)16)11(20-8)17-5-2-6-18-12(21)9-3-4-9;1-3-4-2/h7,9H,2-6H2,1H3,(H,18,21)(H,17,19,20);3-4H,1-2H2. The van der Waals surface area contributed by atoms with Crippen LogP contribution in [0.25, 0.3) is 0 Å². The molecule has 1 aliphatic carbocycles. The first kappa shape index (κ1) is 20.7. The number of nitrogens with zero attached hydrogens (tertiary/aromatic N) is 2. The number of hydrogen-bond acceptors (Lipinski definition) is 4. The smallest absolute Gasteiger partial charge is 0.369 e.